The zero-order chi connectivity index (χ0) is 63.1. The lowest BCUT2D eigenvalue weighted by Crippen LogP contribution is -2.06. The van der Waals surface area contributed by atoms with Gasteiger partial charge in [0.1, 0.15) is 0 Å². The van der Waals surface area contributed by atoms with Gasteiger partial charge >= 0.3 is 0 Å². The second kappa shape index (κ2) is 43.0. The number of ether oxygens (including phenoxy) is 6. The first-order chi connectivity index (χ1) is 44.5. The molecule has 7 rings (SSSR count). The van der Waals surface area contributed by atoms with Gasteiger partial charge in [0.15, 0.2) is 23.0 Å². The number of hydrogen-bond acceptors (Lipinski definition) is 6. The molecule has 0 unspecified atom stereocenters. The third kappa shape index (κ3) is 23.4. The molecule has 6 heteroatoms. The topological polar surface area (TPSA) is 55.4 Å². The Morgan fingerprint density at radius 3 is 0.744 bits per heavy atom. The largest absolute Gasteiger partial charge is 0.490 e. The van der Waals surface area contributed by atoms with Crippen LogP contribution in [0.2, 0.25) is 0 Å². The summed E-state index contributed by atoms with van der Waals surface area (Å²) in [5, 5.41) is 10.2. The molecule has 0 N–H and O–H groups in total. The van der Waals surface area contributed by atoms with Crippen LogP contribution in [0, 0.1) is 0 Å². The fourth-order valence-corrected chi connectivity index (χ4v) is 12.9. The molecule has 0 radical (unpaired) electrons. The Morgan fingerprint density at radius 1 is 0.233 bits per heavy atom. The van der Waals surface area contributed by atoms with Gasteiger partial charge in [0.05, 0.1) is 39.6 Å². The quantitative estimate of drug-likeness (QED) is 0.0164. The predicted octanol–water partition coefficient (Wildman–Crippen LogP) is 26.5. The van der Waals surface area contributed by atoms with Crippen LogP contribution in [0.5, 0.6) is 34.5 Å². The lowest BCUT2D eigenvalue weighted by molar-refractivity contribution is 0.234. The fourth-order valence-electron chi connectivity index (χ4n) is 12.9. The second-order valence-corrected chi connectivity index (χ2v) is 25.9. The Morgan fingerprint density at radius 2 is 0.467 bits per heavy atom. The van der Waals surface area contributed by atoms with Gasteiger partial charge < -0.3 is 28.4 Å². The summed E-state index contributed by atoms with van der Waals surface area (Å²) >= 11 is 0. The zero-order valence-electron chi connectivity index (χ0n) is 57.5. The van der Waals surface area contributed by atoms with Crippen molar-refractivity contribution in [3.63, 3.8) is 0 Å². The maximum Gasteiger partial charge on any atom is 0.203 e. The van der Waals surface area contributed by atoms with Crippen LogP contribution >= 0.6 is 0 Å². The normalized spacial score (nSPS) is 11.9. The molecule has 6 nitrogen and oxygen atoms in total. The van der Waals surface area contributed by atoms with Gasteiger partial charge in [-0.25, -0.2) is 0 Å². The Labute approximate surface area is 547 Å². The van der Waals surface area contributed by atoms with Crippen molar-refractivity contribution in [1.29, 1.82) is 0 Å². The first kappa shape index (κ1) is 71.6. The smallest absolute Gasteiger partial charge is 0.203 e. The van der Waals surface area contributed by atoms with Crippen molar-refractivity contribution in [3.05, 3.63) is 107 Å². The monoisotopic (exact) mass is 1220 g/mol. The number of fused-ring (bicyclic) bond motifs is 2. The van der Waals surface area contributed by atoms with Gasteiger partial charge in [0, 0.05) is 0 Å². The van der Waals surface area contributed by atoms with Gasteiger partial charge in [-0.3, -0.25) is 0 Å². The van der Waals surface area contributed by atoms with E-state index in [4.69, 9.17) is 28.4 Å². The van der Waals surface area contributed by atoms with Crippen molar-refractivity contribution in [2.24, 2.45) is 0 Å². The third-order valence-corrected chi connectivity index (χ3v) is 18.2. The van der Waals surface area contributed by atoms with Crippen LogP contribution in [0.3, 0.4) is 0 Å². The van der Waals surface area contributed by atoms with E-state index in [1.807, 2.05) is 0 Å². The van der Waals surface area contributed by atoms with Gasteiger partial charge in [0.25, 0.3) is 0 Å². The van der Waals surface area contributed by atoms with Crippen LogP contribution in [0.1, 0.15) is 295 Å². The summed E-state index contributed by atoms with van der Waals surface area (Å²) in [6.07, 6.45) is 52.9. The summed E-state index contributed by atoms with van der Waals surface area (Å²) in [7, 11) is 0. The van der Waals surface area contributed by atoms with Crippen molar-refractivity contribution in [1.82, 2.24) is 0 Å². The summed E-state index contributed by atoms with van der Waals surface area (Å²) < 4.78 is 40.3. The predicted molar refractivity (Wildman–Crippen MR) is 392 cm³/mol. The van der Waals surface area contributed by atoms with E-state index in [1.54, 1.807) is 0 Å². The van der Waals surface area contributed by atoms with Gasteiger partial charge in [-0.1, -0.05) is 319 Å². The van der Waals surface area contributed by atoms with E-state index in [0.717, 1.165) is 84.1 Å². The summed E-state index contributed by atoms with van der Waals surface area (Å²) in [5.41, 5.74) is 4.47. The Bertz CT molecular complexity index is 2820. The number of rotatable bonds is 52. The molecule has 0 aliphatic carbocycles. The lowest BCUT2D eigenvalue weighted by Gasteiger charge is -2.19. The highest BCUT2D eigenvalue weighted by molar-refractivity contribution is 6.34. The van der Waals surface area contributed by atoms with Gasteiger partial charge in [0.2, 0.25) is 11.5 Å². The molecule has 0 saturated heterocycles. The van der Waals surface area contributed by atoms with Crippen LogP contribution in [0.4, 0.5) is 0 Å². The minimum absolute atomic E-state index is 0.660. The molecule has 7 aromatic carbocycles. The maximum atomic E-state index is 6.73. The molecule has 0 saturated carbocycles. The molecule has 0 bridgehead atoms. The van der Waals surface area contributed by atoms with E-state index in [-0.39, 0.29) is 0 Å². The zero-order valence-corrected chi connectivity index (χ0v) is 57.5. The first-order valence-corrected chi connectivity index (χ1v) is 37.1. The number of benzene rings is 7. The summed E-state index contributed by atoms with van der Waals surface area (Å²) in [4.78, 5) is 0. The molecule has 7 aromatic rings. The standard InChI is InChI=1S/C84H120O6/c1-7-13-19-25-31-37-57-85-77-63-67(64-78(86-58-38-32-26-20-14-8-2)83(77)89-61-41-35-29-23-17-11-5)49-51-69-53-55-75-76-56-54-70(72-46-44-48-74(82(72)76)73-47-43-45-71(69)81(73)75)52-50-68-65-79(87-59-39-33-27-21-15-9-3)84(90-62-42-36-30-24-18-12-6)80(66-68)88-60-40-34-28-22-16-10-4/h43-56,63-66H,7-42,57-62H2,1-6H3/b51-49+,52-50+. The molecule has 0 aliphatic heterocycles. The molecular weight excluding hydrogens is 1100 g/mol. The SMILES string of the molecule is CCCCCCCCOc1cc(/C=C/c2ccc3c4ccc(/C=C/c5cc(OCCCCCCCC)c(OCCCCCCCC)c(OCCCCCCCC)c5)c5cccc(c6cccc2c63)c54)cc(OCCCCCCCC)c1OCCCCCCCC. The number of unbranched alkanes of at least 4 members (excludes halogenated alkanes) is 30. The Balaban J connectivity index is 1.20. The van der Waals surface area contributed by atoms with E-state index < -0.39 is 0 Å². The van der Waals surface area contributed by atoms with Crippen molar-refractivity contribution in [3.8, 4) is 34.5 Å². The van der Waals surface area contributed by atoms with Crippen molar-refractivity contribution < 1.29 is 28.4 Å². The van der Waals surface area contributed by atoms with Crippen molar-refractivity contribution in [2.75, 3.05) is 39.6 Å². The first-order valence-electron chi connectivity index (χ1n) is 37.1. The maximum absolute atomic E-state index is 6.73. The minimum Gasteiger partial charge on any atom is -0.490 e. The van der Waals surface area contributed by atoms with Gasteiger partial charge in [-0.05, 0) is 128 Å². The number of hydrogen-bond donors (Lipinski definition) is 0. The van der Waals surface area contributed by atoms with E-state index in [2.05, 4.69) is 151 Å². The molecule has 492 valence electrons. The van der Waals surface area contributed by atoms with Gasteiger partial charge in [-0.15, -0.1) is 0 Å². The van der Waals surface area contributed by atoms with E-state index in [1.165, 1.54) is 247 Å². The average Bonchev–Trinajstić information content (AvgIpc) is 0.720. The molecule has 0 fully saturated rings. The molecule has 0 amide bonds. The van der Waals surface area contributed by atoms with Crippen LogP contribution < -0.4 is 28.4 Å². The highest BCUT2D eigenvalue weighted by Gasteiger charge is 2.20. The highest BCUT2D eigenvalue weighted by Crippen LogP contribution is 2.45. The lowest BCUT2D eigenvalue weighted by atomic mass is 9.87. The fraction of sp³-hybridized carbons (Fsp3) is 0.571. The molecule has 0 heterocycles. The van der Waals surface area contributed by atoms with E-state index >= 15 is 0 Å². The second-order valence-electron chi connectivity index (χ2n) is 25.9. The molecule has 0 aliphatic rings. The van der Waals surface area contributed by atoms with Crippen molar-refractivity contribution >= 4 is 67.4 Å². The van der Waals surface area contributed by atoms with Crippen molar-refractivity contribution in [2.45, 2.75) is 273 Å². The molecule has 0 spiro atoms. The molecule has 90 heavy (non-hydrogen) atoms. The third-order valence-electron chi connectivity index (χ3n) is 18.2. The molecule has 0 atom stereocenters. The Hall–Kier alpha value is -5.88. The molecular formula is C84H120O6. The van der Waals surface area contributed by atoms with Gasteiger partial charge in [-0.2, -0.15) is 0 Å². The summed E-state index contributed by atoms with van der Waals surface area (Å²) in [5.74, 6) is 4.70. The van der Waals surface area contributed by atoms with Crippen LogP contribution in [0.15, 0.2) is 84.9 Å². The Kier molecular flexibility index (Phi) is 34.2. The average molecular weight is 1230 g/mol. The van der Waals surface area contributed by atoms with Crippen LogP contribution in [-0.4, -0.2) is 39.6 Å². The van der Waals surface area contributed by atoms with Crippen LogP contribution in [0.25, 0.3) is 67.4 Å². The minimum atomic E-state index is 0.660. The summed E-state index contributed by atoms with van der Waals surface area (Å²) in [6, 6.07) is 31.8. The highest BCUT2D eigenvalue weighted by atomic mass is 16.5. The van der Waals surface area contributed by atoms with Crippen LogP contribution in [-0.2, 0) is 0 Å². The molecule has 0 aromatic heterocycles. The van der Waals surface area contributed by atoms with E-state index in [9.17, 15) is 0 Å². The van der Waals surface area contributed by atoms with E-state index in [0.29, 0.717) is 39.6 Å². The summed E-state index contributed by atoms with van der Waals surface area (Å²) in [6.45, 7) is 17.7.